The van der Waals surface area contributed by atoms with Crippen LogP contribution in [0.15, 0.2) is 17.4 Å². The maximum absolute atomic E-state index is 4.50. The lowest BCUT2D eigenvalue weighted by molar-refractivity contribution is 0.203. The Hall–Kier alpha value is -1.52. The Morgan fingerprint density at radius 1 is 1.32 bits per heavy atom. The van der Waals surface area contributed by atoms with Crippen LogP contribution in [0.1, 0.15) is 44.3 Å². The van der Waals surface area contributed by atoms with Gasteiger partial charge < -0.3 is 14.8 Å². The fourth-order valence-corrected chi connectivity index (χ4v) is 4.09. The number of hydrogen-bond donors (Lipinski definition) is 1. The first kappa shape index (κ1) is 15.4. The topological polar surface area (TPSA) is 45.5 Å². The maximum atomic E-state index is 4.50. The third kappa shape index (κ3) is 3.28. The van der Waals surface area contributed by atoms with Gasteiger partial charge in [0.1, 0.15) is 5.82 Å². The van der Waals surface area contributed by atoms with Gasteiger partial charge in [-0.1, -0.05) is 19.3 Å². The van der Waals surface area contributed by atoms with Crippen LogP contribution in [0.25, 0.3) is 0 Å². The van der Waals surface area contributed by atoms with E-state index in [0.717, 1.165) is 31.4 Å². The molecule has 0 bridgehead atoms. The van der Waals surface area contributed by atoms with E-state index in [1.54, 1.807) is 0 Å². The monoisotopic (exact) mass is 303 g/mol. The van der Waals surface area contributed by atoms with E-state index >= 15 is 0 Å². The Bertz CT molecular complexity index is 513. The number of nitrogens with zero attached hydrogens (tertiary/aromatic N) is 4. The molecule has 0 unspecified atom stereocenters. The van der Waals surface area contributed by atoms with Crippen LogP contribution in [0.2, 0.25) is 0 Å². The molecule has 5 nitrogen and oxygen atoms in total. The SMILES string of the molecule is CN=C(NCCn1ccnc1C)N1CCC2(CCCCC2)C1. The molecule has 5 heteroatoms. The maximum Gasteiger partial charge on any atom is 0.193 e. The van der Waals surface area contributed by atoms with E-state index in [1.807, 2.05) is 26.4 Å². The second-order valence-corrected chi connectivity index (χ2v) is 6.87. The molecule has 2 fully saturated rings. The van der Waals surface area contributed by atoms with Crippen LogP contribution < -0.4 is 5.32 Å². The average molecular weight is 303 g/mol. The van der Waals surface area contributed by atoms with Gasteiger partial charge in [-0.25, -0.2) is 4.98 Å². The molecule has 1 saturated heterocycles. The number of aryl methyl sites for hydroxylation is 1. The van der Waals surface area contributed by atoms with Gasteiger partial charge in [-0.3, -0.25) is 4.99 Å². The molecule has 1 spiro atoms. The summed E-state index contributed by atoms with van der Waals surface area (Å²) >= 11 is 0. The molecule has 1 N–H and O–H groups in total. The number of imidazole rings is 1. The standard InChI is InChI=1S/C17H29N5/c1-15-19-9-12-21(15)13-10-20-16(18-2)22-11-8-17(14-22)6-4-3-5-7-17/h9,12H,3-8,10-11,13-14H2,1-2H3,(H,18,20). The highest BCUT2D eigenvalue weighted by atomic mass is 15.3. The number of guanidine groups is 1. The van der Waals surface area contributed by atoms with Gasteiger partial charge in [0.15, 0.2) is 5.96 Å². The third-order valence-electron chi connectivity index (χ3n) is 5.42. The van der Waals surface area contributed by atoms with E-state index in [-0.39, 0.29) is 0 Å². The van der Waals surface area contributed by atoms with Gasteiger partial charge in [0, 0.05) is 45.6 Å². The van der Waals surface area contributed by atoms with E-state index in [4.69, 9.17) is 0 Å². The third-order valence-corrected chi connectivity index (χ3v) is 5.42. The lowest BCUT2D eigenvalue weighted by Gasteiger charge is -2.33. The number of hydrogen-bond acceptors (Lipinski definition) is 2. The summed E-state index contributed by atoms with van der Waals surface area (Å²) in [5.41, 5.74) is 0.580. The average Bonchev–Trinajstić information content (AvgIpc) is 3.12. The molecule has 0 aromatic carbocycles. The van der Waals surface area contributed by atoms with Crippen molar-refractivity contribution in [3.05, 3.63) is 18.2 Å². The van der Waals surface area contributed by atoms with E-state index in [1.165, 1.54) is 45.1 Å². The lowest BCUT2D eigenvalue weighted by Crippen LogP contribution is -2.42. The van der Waals surface area contributed by atoms with Crippen molar-refractivity contribution in [2.45, 2.75) is 52.0 Å². The smallest absolute Gasteiger partial charge is 0.193 e. The zero-order chi connectivity index (χ0) is 15.4. The molecule has 2 aliphatic rings. The minimum atomic E-state index is 0.580. The first-order chi connectivity index (χ1) is 10.7. The summed E-state index contributed by atoms with van der Waals surface area (Å²) in [4.78, 5) is 11.2. The Kier molecular flexibility index (Phi) is 4.69. The van der Waals surface area contributed by atoms with Crippen molar-refractivity contribution >= 4 is 5.96 Å². The minimum absolute atomic E-state index is 0.580. The molecule has 0 amide bonds. The van der Waals surface area contributed by atoms with E-state index in [9.17, 15) is 0 Å². The van der Waals surface area contributed by atoms with Gasteiger partial charge in [0.2, 0.25) is 0 Å². The Labute approximate surface area is 133 Å². The predicted molar refractivity (Wildman–Crippen MR) is 90.0 cm³/mol. The van der Waals surface area contributed by atoms with Crippen LogP contribution in [0.3, 0.4) is 0 Å². The van der Waals surface area contributed by atoms with Gasteiger partial charge in [-0.05, 0) is 31.6 Å². The van der Waals surface area contributed by atoms with Crippen molar-refractivity contribution in [1.29, 1.82) is 0 Å². The number of nitrogens with one attached hydrogen (secondary N) is 1. The molecular weight excluding hydrogens is 274 g/mol. The second kappa shape index (κ2) is 6.71. The van der Waals surface area contributed by atoms with Gasteiger partial charge >= 0.3 is 0 Å². The number of aromatic nitrogens is 2. The molecule has 1 aromatic rings. The molecule has 1 aliphatic carbocycles. The fraction of sp³-hybridized carbons (Fsp3) is 0.765. The Morgan fingerprint density at radius 2 is 2.14 bits per heavy atom. The summed E-state index contributed by atoms with van der Waals surface area (Å²) in [5, 5.41) is 3.53. The normalized spacial score (nSPS) is 21.5. The van der Waals surface area contributed by atoms with Gasteiger partial charge in [-0.15, -0.1) is 0 Å². The molecule has 122 valence electrons. The zero-order valence-electron chi connectivity index (χ0n) is 14.0. The molecule has 1 aliphatic heterocycles. The molecule has 1 aromatic heterocycles. The zero-order valence-corrected chi connectivity index (χ0v) is 14.0. The van der Waals surface area contributed by atoms with Crippen LogP contribution in [0, 0.1) is 12.3 Å². The minimum Gasteiger partial charge on any atom is -0.354 e. The largest absolute Gasteiger partial charge is 0.354 e. The van der Waals surface area contributed by atoms with Crippen molar-refractivity contribution in [1.82, 2.24) is 19.8 Å². The highest BCUT2D eigenvalue weighted by Crippen LogP contribution is 2.43. The van der Waals surface area contributed by atoms with Crippen LogP contribution in [-0.4, -0.2) is 47.1 Å². The molecule has 1 saturated carbocycles. The highest BCUT2D eigenvalue weighted by Gasteiger charge is 2.39. The molecule has 2 heterocycles. The summed E-state index contributed by atoms with van der Waals surface area (Å²) in [5.74, 6) is 2.14. The Morgan fingerprint density at radius 3 is 2.82 bits per heavy atom. The van der Waals surface area contributed by atoms with E-state index < -0.39 is 0 Å². The van der Waals surface area contributed by atoms with Crippen LogP contribution in [0.5, 0.6) is 0 Å². The summed E-state index contributed by atoms with van der Waals surface area (Å²) in [6, 6.07) is 0. The fourth-order valence-electron chi connectivity index (χ4n) is 4.09. The van der Waals surface area contributed by atoms with Crippen molar-refractivity contribution in [2.75, 3.05) is 26.7 Å². The van der Waals surface area contributed by atoms with E-state index in [0.29, 0.717) is 5.41 Å². The van der Waals surface area contributed by atoms with Crippen LogP contribution in [-0.2, 0) is 6.54 Å². The van der Waals surface area contributed by atoms with Crippen LogP contribution in [0.4, 0.5) is 0 Å². The summed E-state index contributed by atoms with van der Waals surface area (Å²) in [6.45, 7) is 6.22. The molecular formula is C17H29N5. The van der Waals surface area contributed by atoms with Crippen molar-refractivity contribution in [3.63, 3.8) is 0 Å². The second-order valence-electron chi connectivity index (χ2n) is 6.87. The van der Waals surface area contributed by atoms with Crippen LogP contribution >= 0.6 is 0 Å². The molecule has 0 radical (unpaired) electrons. The first-order valence-corrected chi connectivity index (χ1v) is 8.66. The molecule has 0 atom stereocenters. The predicted octanol–water partition coefficient (Wildman–Crippen LogP) is 2.42. The van der Waals surface area contributed by atoms with Gasteiger partial charge in [-0.2, -0.15) is 0 Å². The molecule has 3 rings (SSSR count). The number of rotatable bonds is 3. The lowest BCUT2D eigenvalue weighted by atomic mass is 9.73. The van der Waals surface area contributed by atoms with Gasteiger partial charge in [0.05, 0.1) is 0 Å². The summed E-state index contributed by atoms with van der Waals surface area (Å²) in [7, 11) is 1.90. The quantitative estimate of drug-likeness (QED) is 0.689. The van der Waals surface area contributed by atoms with Gasteiger partial charge in [0.25, 0.3) is 0 Å². The summed E-state index contributed by atoms with van der Waals surface area (Å²) in [6.07, 6.45) is 12.3. The first-order valence-electron chi connectivity index (χ1n) is 8.66. The number of likely N-dealkylation sites (tertiary alicyclic amines) is 1. The molecule has 22 heavy (non-hydrogen) atoms. The van der Waals surface area contributed by atoms with Crippen molar-refractivity contribution < 1.29 is 0 Å². The summed E-state index contributed by atoms with van der Waals surface area (Å²) < 4.78 is 2.17. The van der Waals surface area contributed by atoms with Crippen molar-refractivity contribution in [2.24, 2.45) is 10.4 Å². The Balaban J connectivity index is 1.51. The van der Waals surface area contributed by atoms with Crippen molar-refractivity contribution in [3.8, 4) is 0 Å². The highest BCUT2D eigenvalue weighted by molar-refractivity contribution is 5.80. The van der Waals surface area contributed by atoms with E-state index in [2.05, 4.69) is 24.8 Å². The number of aliphatic imine (C=N–C) groups is 1.